The molecule has 2 aromatic carbocycles. The number of aryl methyl sites for hydroxylation is 1. The number of carbonyl (C=O) groups is 1. The molecule has 0 aromatic heterocycles. The molecule has 3 nitrogen and oxygen atoms in total. The van der Waals surface area contributed by atoms with Gasteiger partial charge in [0, 0.05) is 30.4 Å². The van der Waals surface area contributed by atoms with E-state index in [1.807, 2.05) is 17.0 Å². The second kappa shape index (κ2) is 7.23. The molecular formula is C24H29FN2O. The predicted octanol–water partition coefficient (Wildman–Crippen LogP) is 4.58. The minimum Gasteiger partial charge on any atom is -0.363 e. The van der Waals surface area contributed by atoms with Gasteiger partial charge in [-0.1, -0.05) is 29.8 Å². The Balaban J connectivity index is 1.46. The average molecular weight is 381 g/mol. The molecule has 148 valence electrons. The summed E-state index contributed by atoms with van der Waals surface area (Å²) >= 11 is 0. The van der Waals surface area contributed by atoms with E-state index in [0.29, 0.717) is 18.4 Å². The van der Waals surface area contributed by atoms with Crippen molar-refractivity contribution in [2.75, 3.05) is 18.0 Å². The summed E-state index contributed by atoms with van der Waals surface area (Å²) in [5.41, 5.74) is 3.38. The molecule has 2 aliphatic heterocycles. The van der Waals surface area contributed by atoms with Crippen LogP contribution in [0.1, 0.15) is 37.8 Å². The van der Waals surface area contributed by atoms with Crippen molar-refractivity contribution in [1.82, 2.24) is 4.90 Å². The lowest BCUT2D eigenvalue weighted by Gasteiger charge is -2.42. The maximum atomic E-state index is 13.4. The highest BCUT2D eigenvalue weighted by atomic mass is 19.1. The summed E-state index contributed by atoms with van der Waals surface area (Å²) in [6.07, 6.45) is 2.48. The minimum atomic E-state index is -0.200. The van der Waals surface area contributed by atoms with Crippen LogP contribution in [0.2, 0.25) is 0 Å². The zero-order valence-electron chi connectivity index (χ0n) is 17.0. The summed E-state index contributed by atoms with van der Waals surface area (Å²) in [7, 11) is 0. The molecule has 0 aliphatic carbocycles. The van der Waals surface area contributed by atoms with Crippen LogP contribution >= 0.6 is 0 Å². The molecule has 2 saturated heterocycles. The normalized spacial score (nSPS) is 23.6. The predicted molar refractivity (Wildman–Crippen MR) is 111 cm³/mol. The SMILES string of the molecule is Cc1ccc(CC(=O)N2CC[C@H]3[C@@H](C2)CC(C)(C)N3c2ccc(F)cc2)cc1. The lowest BCUT2D eigenvalue weighted by molar-refractivity contribution is -0.132. The van der Waals surface area contributed by atoms with E-state index in [4.69, 9.17) is 0 Å². The van der Waals surface area contributed by atoms with E-state index >= 15 is 0 Å². The fraction of sp³-hybridized carbons (Fsp3) is 0.458. The number of anilines is 1. The second-order valence-corrected chi connectivity index (χ2v) is 8.98. The Hall–Kier alpha value is -2.36. The second-order valence-electron chi connectivity index (χ2n) is 8.98. The van der Waals surface area contributed by atoms with Crippen LogP contribution in [0, 0.1) is 18.7 Å². The van der Waals surface area contributed by atoms with Crippen LogP contribution in [0.15, 0.2) is 48.5 Å². The zero-order valence-corrected chi connectivity index (χ0v) is 17.0. The van der Waals surface area contributed by atoms with Crippen molar-refractivity contribution >= 4 is 11.6 Å². The maximum absolute atomic E-state index is 13.4. The van der Waals surface area contributed by atoms with Crippen molar-refractivity contribution in [2.24, 2.45) is 5.92 Å². The first kappa shape index (κ1) is 19.0. The molecule has 2 heterocycles. The van der Waals surface area contributed by atoms with Crippen molar-refractivity contribution in [3.8, 4) is 0 Å². The van der Waals surface area contributed by atoms with Crippen molar-refractivity contribution in [3.63, 3.8) is 0 Å². The van der Waals surface area contributed by atoms with Gasteiger partial charge in [-0.05, 0) is 69.4 Å². The summed E-state index contributed by atoms with van der Waals surface area (Å²) in [6, 6.07) is 15.5. The Morgan fingerprint density at radius 3 is 2.46 bits per heavy atom. The Morgan fingerprint density at radius 2 is 1.79 bits per heavy atom. The first-order chi connectivity index (χ1) is 13.3. The fourth-order valence-electron chi connectivity index (χ4n) is 5.11. The van der Waals surface area contributed by atoms with E-state index < -0.39 is 0 Å². The van der Waals surface area contributed by atoms with Crippen molar-refractivity contribution < 1.29 is 9.18 Å². The van der Waals surface area contributed by atoms with Crippen LogP contribution in [-0.2, 0) is 11.2 Å². The summed E-state index contributed by atoms with van der Waals surface area (Å²) in [5.74, 6) is 0.477. The lowest BCUT2D eigenvalue weighted by atomic mass is 9.89. The molecule has 0 radical (unpaired) electrons. The van der Waals surface area contributed by atoms with Gasteiger partial charge in [-0.2, -0.15) is 0 Å². The monoisotopic (exact) mass is 380 g/mol. The first-order valence-corrected chi connectivity index (χ1v) is 10.2. The number of halogens is 1. The van der Waals surface area contributed by atoms with Gasteiger partial charge >= 0.3 is 0 Å². The third-order valence-electron chi connectivity index (χ3n) is 6.37. The number of likely N-dealkylation sites (tertiary alicyclic amines) is 1. The molecule has 0 spiro atoms. The highest BCUT2D eigenvalue weighted by Crippen LogP contribution is 2.44. The maximum Gasteiger partial charge on any atom is 0.227 e. The highest BCUT2D eigenvalue weighted by molar-refractivity contribution is 5.79. The molecule has 4 rings (SSSR count). The number of carbonyl (C=O) groups excluding carboxylic acids is 1. The van der Waals surface area contributed by atoms with Gasteiger partial charge < -0.3 is 9.80 Å². The number of hydrogen-bond acceptors (Lipinski definition) is 2. The van der Waals surface area contributed by atoms with E-state index in [2.05, 4.69) is 49.9 Å². The van der Waals surface area contributed by atoms with Crippen LogP contribution in [-0.4, -0.2) is 35.5 Å². The van der Waals surface area contributed by atoms with E-state index in [0.717, 1.165) is 37.2 Å². The molecule has 2 fully saturated rings. The quantitative estimate of drug-likeness (QED) is 0.778. The smallest absolute Gasteiger partial charge is 0.227 e. The number of benzene rings is 2. The average Bonchev–Trinajstić information content (AvgIpc) is 2.93. The Labute approximate surface area is 167 Å². The molecule has 0 saturated carbocycles. The molecule has 2 aromatic rings. The summed E-state index contributed by atoms with van der Waals surface area (Å²) in [6.45, 7) is 8.18. The lowest BCUT2D eigenvalue weighted by Crippen LogP contribution is -2.50. The highest BCUT2D eigenvalue weighted by Gasteiger charge is 2.48. The number of rotatable bonds is 3. The Bertz CT molecular complexity index is 844. The van der Waals surface area contributed by atoms with Crippen molar-refractivity contribution in [3.05, 3.63) is 65.5 Å². The molecule has 28 heavy (non-hydrogen) atoms. The fourth-order valence-corrected chi connectivity index (χ4v) is 5.11. The molecule has 0 unspecified atom stereocenters. The Morgan fingerprint density at radius 1 is 1.11 bits per heavy atom. The number of amides is 1. The van der Waals surface area contributed by atoms with Crippen molar-refractivity contribution in [1.29, 1.82) is 0 Å². The molecule has 2 aliphatic rings. The zero-order chi connectivity index (χ0) is 19.9. The van der Waals surface area contributed by atoms with Gasteiger partial charge in [0.05, 0.1) is 6.42 Å². The van der Waals surface area contributed by atoms with Gasteiger partial charge in [0.15, 0.2) is 0 Å². The van der Waals surface area contributed by atoms with Gasteiger partial charge in [-0.3, -0.25) is 4.79 Å². The van der Waals surface area contributed by atoms with E-state index in [1.54, 1.807) is 12.1 Å². The largest absolute Gasteiger partial charge is 0.363 e. The first-order valence-electron chi connectivity index (χ1n) is 10.2. The standard InChI is InChI=1S/C24H29FN2O/c1-17-4-6-18(7-5-17)14-23(28)26-13-12-22-19(16-26)15-24(2,3)27(22)21-10-8-20(25)9-11-21/h4-11,19,22H,12-16H2,1-3H3/t19-,22+/m1/s1. The minimum absolute atomic E-state index is 0.00315. The third-order valence-corrected chi connectivity index (χ3v) is 6.37. The van der Waals surface area contributed by atoms with E-state index in [1.165, 1.54) is 5.56 Å². The number of fused-ring (bicyclic) bond motifs is 1. The van der Waals surface area contributed by atoms with Gasteiger partial charge in [0.25, 0.3) is 0 Å². The molecule has 1 amide bonds. The third kappa shape index (κ3) is 3.65. The van der Waals surface area contributed by atoms with E-state index in [9.17, 15) is 9.18 Å². The van der Waals surface area contributed by atoms with Crippen LogP contribution in [0.5, 0.6) is 0 Å². The number of nitrogens with zero attached hydrogens (tertiary/aromatic N) is 2. The van der Waals surface area contributed by atoms with Gasteiger partial charge in [-0.25, -0.2) is 4.39 Å². The Kier molecular flexibility index (Phi) is 4.90. The van der Waals surface area contributed by atoms with Gasteiger partial charge in [-0.15, -0.1) is 0 Å². The van der Waals surface area contributed by atoms with Crippen LogP contribution in [0.3, 0.4) is 0 Å². The molecule has 0 N–H and O–H groups in total. The van der Waals surface area contributed by atoms with E-state index in [-0.39, 0.29) is 17.3 Å². The number of piperidine rings is 1. The molecule has 0 bridgehead atoms. The van der Waals surface area contributed by atoms with Crippen LogP contribution in [0.25, 0.3) is 0 Å². The molecule has 4 heteroatoms. The van der Waals surface area contributed by atoms with Crippen LogP contribution in [0.4, 0.5) is 10.1 Å². The number of hydrogen-bond donors (Lipinski definition) is 0. The topological polar surface area (TPSA) is 23.6 Å². The summed E-state index contributed by atoms with van der Waals surface area (Å²) < 4.78 is 13.4. The molecular weight excluding hydrogens is 351 g/mol. The summed E-state index contributed by atoms with van der Waals surface area (Å²) in [4.78, 5) is 17.4. The van der Waals surface area contributed by atoms with Crippen LogP contribution < -0.4 is 4.90 Å². The molecule has 2 atom stereocenters. The van der Waals surface area contributed by atoms with Gasteiger partial charge in [0.1, 0.15) is 5.82 Å². The van der Waals surface area contributed by atoms with Crippen molar-refractivity contribution in [2.45, 2.75) is 51.6 Å². The summed E-state index contributed by atoms with van der Waals surface area (Å²) in [5, 5.41) is 0. The van der Waals surface area contributed by atoms with Gasteiger partial charge in [0.2, 0.25) is 5.91 Å².